The largest absolute Gasteiger partial charge is 0.379 e. The van der Waals surface area contributed by atoms with Crippen LogP contribution in [0.4, 0.5) is 11.8 Å². The summed E-state index contributed by atoms with van der Waals surface area (Å²) >= 11 is 12.1. The van der Waals surface area contributed by atoms with E-state index in [4.69, 9.17) is 27.9 Å². The van der Waals surface area contributed by atoms with E-state index in [0.717, 1.165) is 57.2 Å². The first kappa shape index (κ1) is 19.2. The Morgan fingerprint density at radius 2 is 1.92 bits per heavy atom. The van der Waals surface area contributed by atoms with E-state index in [1.54, 1.807) is 12.3 Å². The number of anilines is 2. The first-order valence-corrected chi connectivity index (χ1v) is 9.51. The Morgan fingerprint density at radius 1 is 1.08 bits per heavy atom. The third kappa shape index (κ3) is 5.99. The van der Waals surface area contributed by atoms with Crippen LogP contribution in [0, 0.1) is 0 Å². The molecule has 1 aromatic heterocycles. The summed E-state index contributed by atoms with van der Waals surface area (Å²) in [7, 11) is 0. The van der Waals surface area contributed by atoms with E-state index in [1.807, 2.05) is 18.2 Å². The van der Waals surface area contributed by atoms with Crippen molar-refractivity contribution >= 4 is 35.0 Å². The van der Waals surface area contributed by atoms with Gasteiger partial charge in [-0.3, -0.25) is 4.90 Å². The first-order valence-electron chi connectivity index (χ1n) is 8.75. The van der Waals surface area contributed by atoms with Gasteiger partial charge in [-0.25, -0.2) is 4.98 Å². The zero-order valence-corrected chi connectivity index (χ0v) is 16.1. The molecular formula is C18H23Cl2N5O. The number of benzene rings is 1. The summed E-state index contributed by atoms with van der Waals surface area (Å²) in [5.74, 6) is 1.42. The van der Waals surface area contributed by atoms with E-state index in [-0.39, 0.29) is 0 Å². The maximum atomic E-state index is 6.19. The van der Waals surface area contributed by atoms with Gasteiger partial charge in [-0.1, -0.05) is 29.3 Å². The SMILES string of the molecule is Clc1ccc(CCNc2nccc(NCCN3CCOCC3)n2)c(Cl)c1. The highest BCUT2D eigenvalue weighted by molar-refractivity contribution is 6.35. The molecule has 0 amide bonds. The lowest BCUT2D eigenvalue weighted by molar-refractivity contribution is 0.0398. The topological polar surface area (TPSA) is 62.3 Å². The van der Waals surface area contributed by atoms with E-state index in [9.17, 15) is 0 Å². The summed E-state index contributed by atoms with van der Waals surface area (Å²) in [6.07, 6.45) is 2.52. The van der Waals surface area contributed by atoms with E-state index in [2.05, 4.69) is 25.5 Å². The highest BCUT2D eigenvalue weighted by Crippen LogP contribution is 2.21. The molecule has 0 unspecified atom stereocenters. The van der Waals surface area contributed by atoms with Gasteiger partial charge in [-0.2, -0.15) is 4.98 Å². The molecule has 0 bridgehead atoms. The predicted molar refractivity (Wildman–Crippen MR) is 106 cm³/mol. The average Bonchev–Trinajstić information content (AvgIpc) is 2.65. The summed E-state index contributed by atoms with van der Waals surface area (Å²) < 4.78 is 5.36. The number of ether oxygens (including phenoxy) is 1. The van der Waals surface area contributed by atoms with Crippen molar-refractivity contribution in [2.24, 2.45) is 0 Å². The van der Waals surface area contributed by atoms with E-state index in [1.165, 1.54) is 0 Å². The molecule has 1 saturated heterocycles. The Labute approximate surface area is 163 Å². The van der Waals surface area contributed by atoms with E-state index in [0.29, 0.717) is 22.5 Å². The summed E-state index contributed by atoms with van der Waals surface area (Å²) in [4.78, 5) is 11.1. The fourth-order valence-corrected chi connectivity index (χ4v) is 3.25. The van der Waals surface area contributed by atoms with Crippen LogP contribution < -0.4 is 10.6 Å². The molecule has 3 rings (SSSR count). The molecule has 26 heavy (non-hydrogen) atoms. The molecule has 0 spiro atoms. The van der Waals surface area contributed by atoms with Gasteiger partial charge >= 0.3 is 0 Å². The fraction of sp³-hybridized carbons (Fsp3) is 0.444. The number of hydrogen-bond donors (Lipinski definition) is 2. The van der Waals surface area contributed by atoms with E-state index < -0.39 is 0 Å². The zero-order chi connectivity index (χ0) is 18.2. The van der Waals surface area contributed by atoms with Crippen LogP contribution in [-0.4, -0.2) is 60.8 Å². The average molecular weight is 396 g/mol. The standard InChI is InChI=1S/C18H23Cl2N5O/c19-15-2-1-14(16(20)13-15)3-5-22-18-23-6-4-17(24-18)21-7-8-25-9-11-26-12-10-25/h1-2,4,6,13H,3,5,7-12H2,(H2,21,22,23,24). The van der Waals surface area contributed by atoms with Crippen LogP contribution >= 0.6 is 23.2 Å². The fourth-order valence-electron chi connectivity index (χ4n) is 2.74. The van der Waals surface area contributed by atoms with Gasteiger partial charge in [-0.05, 0) is 30.2 Å². The quantitative estimate of drug-likeness (QED) is 0.715. The summed E-state index contributed by atoms with van der Waals surface area (Å²) in [5, 5.41) is 7.90. The number of nitrogens with one attached hydrogen (secondary N) is 2. The molecule has 8 heteroatoms. The van der Waals surface area contributed by atoms with E-state index >= 15 is 0 Å². The van der Waals surface area contributed by atoms with Gasteiger partial charge in [0.15, 0.2) is 0 Å². The van der Waals surface area contributed by atoms with Crippen LogP contribution in [0.2, 0.25) is 10.0 Å². The van der Waals surface area contributed by atoms with Gasteiger partial charge in [0.1, 0.15) is 5.82 Å². The Bertz CT molecular complexity index is 710. The minimum Gasteiger partial charge on any atom is -0.379 e. The number of halogens is 2. The lowest BCUT2D eigenvalue weighted by Gasteiger charge is -2.26. The summed E-state index contributed by atoms with van der Waals surface area (Å²) in [6, 6.07) is 7.42. The van der Waals surface area contributed by atoms with Crippen molar-refractivity contribution in [3.05, 3.63) is 46.1 Å². The van der Waals surface area contributed by atoms with Gasteiger partial charge in [0.25, 0.3) is 0 Å². The van der Waals surface area contributed by atoms with Crippen LogP contribution in [0.25, 0.3) is 0 Å². The van der Waals surface area contributed by atoms with Gasteiger partial charge in [0.05, 0.1) is 13.2 Å². The Balaban J connectivity index is 1.43. The highest BCUT2D eigenvalue weighted by Gasteiger charge is 2.09. The van der Waals surface area contributed by atoms with Crippen LogP contribution in [0.3, 0.4) is 0 Å². The number of nitrogens with zero attached hydrogens (tertiary/aromatic N) is 3. The van der Waals surface area contributed by atoms with Crippen molar-refractivity contribution < 1.29 is 4.74 Å². The number of rotatable bonds is 8. The molecule has 1 aromatic carbocycles. The van der Waals surface area contributed by atoms with Crippen molar-refractivity contribution in [2.45, 2.75) is 6.42 Å². The minimum absolute atomic E-state index is 0.603. The molecule has 0 saturated carbocycles. The van der Waals surface area contributed by atoms with Crippen LogP contribution in [0.15, 0.2) is 30.5 Å². The molecule has 2 heterocycles. The Morgan fingerprint density at radius 3 is 2.73 bits per heavy atom. The number of morpholine rings is 1. The smallest absolute Gasteiger partial charge is 0.224 e. The Hall–Kier alpha value is -1.60. The molecule has 0 radical (unpaired) electrons. The monoisotopic (exact) mass is 395 g/mol. The van der Waals surface area contributed by atoms with Gasteiger partial charge in [-0.15, -0.1) is 0 Å². The summed E-state index contributed by atoms with van der Waals surface area (Å²) in [6.45, 7) is 6.13. The first-order chi connectivity index (χ1) is 12.7. The molecule has 1 fully saturated rings. The summed E-state index contributed by atoms with van der Waals surface area (Å²) in [5.41, 5.74) is 1.04. The molecule has 1 aliphatic heterocycles. The number of hydrogen-bond acceptors (Lipinski definition) is 6. The maximum Gasteiger partial charge on any atom is 0.224 e. The molecule has 0 aliphatic carbocycles. The van der Waals surface area contributed by atoms with Crippen molar-refractivity contribution in [3.63, 3.8) is 0 Å². The van der Waals surface area contributed by atoms with Crippen LogP contribution in [0.5, 0.6) is 0 Å². The molecule has 0 atom stereocenters. The highest BCUT2D eigenvalue weighted by atomic mass is 35.5. The zero-order valence-electron chi connectivity index (χ0n) is 14.5. The van der Waals surface area contributed by atoms with Crippen molar-refractivity contribution in [1.29, 1.82) is 0 Å². The molecular weight excluding hydrogens is 373 g/mol. The van der Waals surface area contributed by atoms with Crippen molar-refractivity contribution in [2.75, 3.05) is 56.6 Å². The molecule has 140 valence electrons. The molecule has 6 nitrogen and oxygen atoms in total. The van der Waals surface area contributed by atoms with Gasteiger partial charge in [0, 0.05) is 49.0 Å². The van der Waals surface area contributed by atoms with Gasteiger partial charge < -0.3 is 15.4 Å². The van der Waals surface area contributed by atoms with Crippen molar-refractivity contribution in [1.82, 2.24) is 14.9 Å². The molecule has 2 aromatic rings. The minimum atomic E-state index is 0.603. The third-order valence-corrected chi connectivity index (χ3v) is 4.77. The third-order valence-electron chi connectivity index (χ3n) is 4.19. The second kappa shape index (κ2) is 9.92. The number of aromatic nitrogens is 2. The second-order valence-electron chi connectivity index (χ2n) is 6.06. The normalized spacial score (nSPS) is 15.0. The van der Waals surface area contributed by atoms with Crippen molar-refractivity contribution in [3.8, 4) is 0 Å². The molecule has 2 N–H and O–H groups in total. The predicted octanol–water partition coefficient (Wildman–Crippen LogP) is 3.18. The lowest BCUT2D eigenvalue weighted by atomic mass is 10.1. The Kier molecular flexibility index (Phi) is 7.32. The lowest BCUT2D eigenvalue weighted by Crippen LogP contribution is -2.39. The van der Waals surface area contributed by atoms with Gasteiger partial charge in [0.2, 0.25) is 5.95 Å². The molecule has 1 aliphatic rings. The van der Waals surface area contributed by atoms with Crippen LogP contribution in [0.1, 0.15) is 5.56 Å². The van der Waals surface area contributed by atoms with Crippen LogP contribution in [-0.2, 0) is 11.2 Å². The second-order valence-corrected chi connectivity index (χ2v) is 6.90. The maximum absolute atomic E-state index is 6.19.